The van der Waals surface area contributed by atoms with Gasteiger partial charge < -0.3 is 20.1 Å². The lowest BCUT2D eigenvalue weighted by Gasteiger charge is -2.33. The molecule has 0 bridgehead atoms. The van der Waals surface area contributed by atoms with Crippen LogP contribution in [0.15, 0.2) is 48.5 Å². The van der Waals surface area contributed by atoms with Gasteiger partial charge in [-0.2, -0.15) is 10.5 Å². The van der Waals surface area contributed by atoms with Crippen LogP contribution in [0.1, 0.15) is 48.3 Å². The molecule has 0 saturated carbocycles. The average Bonchev–Trinajstić information content (AvgIpc) is 3.59. The highest BCUT2D eigenvalue weighted by Crippen LogP contribution is 2.46. The first kappa shape index (κ1) is 25.0. The number of nitriles is 2. The maximum atomic E-state index is 14.0. The fourth-order valence-corrected chi connectivity index (χ4v) is 5.70. The molecule has 0 aliphatic carbocycles. The molecule has 2 aliphatic heterocycles. The van der Waals surface area contributed by atoms with Crippen LogP contribution >= 0.6 is 0 Å². The summed E-state index contributed by atoms with van der Waals surface area (Å²) in [6, 6.07) is 16.9. The van der Waals surface area contributed by atoms with Crippen molar-refractivity contribution in [2.24, 2.45) is 5.92 Å². The van der Waals surface area contributed by atoms with Crippen molar-refractivity contribution in [1.29, 1.82) is 10.5 Å². The Kier molecular flexibility index (Phi) is 6.16. The topological polar surface area (TPSA) is 133 Å². The molecule has 1 aromatic heterocycles. The Balaban J connectivity index is 1.45. The first-order chi connectivity index (χ1) is 18.2. The summed E-state index contributed by atoms with van der Waals surface area (Å²) >= 11 is 0. The number of amides is 3. The predicted molar refractivity (Wildman–Crippen MR) is 141 cm³/mol. The largest absolute Gasteiger partial charge is 0.351 e. The lowest BCUT2D eigenvalue weighted by molar-refractivity contribution is -0.136. The van der Waals surface area contributed by atoms with Crippen LogP contribution in [0, 0.1) is 28.6 Å². The molecule has 192 valence electrons. The first-order valence-corrected chi connectivity index (χ1v) is 12.6. The van der Waals surface area contributed by atoms with Crippen molar-refractivity contribution in [1.82, 2.24) is 14.8 Å². The number of H-pyrrole nitrogens is 1. The van der Waals surface area contributed by atoms with Crippen molar-refractivity contribution in [2.75, 3.05) is 18.9 Å². The SMILES string of the molecule is CC(C)C[C@@H](C(=O)N1C[C@]2(C[C@H]1C#N)C(=O)Nc1ccccc12)N(C)C(=O)c1cc2cc(C#N)ccc2[nH]1. The maximum absolute atomic E-state index is 14.0. The van der Waals surface area contributed by atoms with Gasteiger partial charge in [0.05, 0.1) is 23.1 Å². The van der Waals surface area contributed by atoms with E-state index in [1.807, 2.05) is 38.1 Å². The molecular formula is C29H28N6O3. The van der Waals surface area contributed by atoms with E-state index >= 15 is 0 Å². The molecule has 2 aromatic carbocycles. The molecule has 0 unspecified atom stereocenters. The second-order valence-corrected chi connectivity index (χ2v) is 10.6. The number of rotatable bonds is 5. The van der Waals surface area contributed by atoms with Crippen molar-refractivity contribution in [3.05, 3.63) is 65.4 Å². The third kappa shape index (κ3) is 3.97. The summed E-state index contributed by atoms with van der Waals surface area (Å²) in [6.07, 6.45) is 0.595. The highest BCUT2D eigenvalue weighted by atomic mass is 16.2. The van der Waals surface area contributed by atoms with Crippen LogP contribution in [0.25, 0.3) is 10.9 Å². The van der Waals surface area contributed by atoms with E-state index in [9.17, 15) is 24.9 Å². The number of carbonyl (C=O) groups is 3. The van der Waals surface area contributed by atoms with Crippen molar-refractivity contribution in [3.8, 4) is 12.1 Å². The van der Waals surface area contributed by atoms with E-state index in [0.717, 1.165) is 10.9 Å². The number of hydrogen-bond acceptors (Lipinski definition) is 5. The summed E-state index contributed by atoms with van der Waals surface area (Å²) in [4.78, 5) is 46.7. The minimum Gasteiger partial charge on any atom is -0.351 e. The summed E-state index contributed by atoms with van der Waals surface area (Å²) < 4.78 is 0. The smallest absolute Gasteiger partial charge is 0.270 e. The van der Waals surface area contributed by atoms with Crippen LogP contribution in [0.3, 0.4) is 0 Å². The number of aromatic amines is 1. The molecule has 5 rings (SSSR count). The van der Waals surface area contributed by atoms with E-state index < -0.39 is 17.5 Å². The van der Waals surface area contributed by atoms with Gasteiger partial charge in [-0.25, -0.2) is 0 Å². The number of hydrogen-bond donors (Lipinski definition) is 2. The van der Waals surface area contributed by atoms with Gasteiger partial charge in [-0.05, 0) is 48.2 Å². The molecule has 3 heterocycles. The fraction of sp³-hybridized carbons (Fsp3) is 0.345. The lowest BCUT2D eigenvalue weighted by atomic mass is 9.80. The predicted octanol–water partition coefficient (Wildman–Crippen LogP) is 3.54. The van der Waals surface area contributed by atoms with Gasteiger partial charge in [-0.1, -0.05) is 32.0 Å². The number of aromatic nitrogens is 1. The van der Waals surface area contributed by atoms with E-state index in [1.54, 1.807) is 31.3 Å². The van der Waals surface area contributed by atoms with E-state index in [1.165, 1.54) is 9.80 Å². The van der Waals surface area contributed by atoms with Crippen LogP contribution in [-0.4, -0.2) is 58.2 Å². The van der Waals surface area contributed by atoms with Gasteiger partial charge in [-0.15, -0.1) is 0 Å². The van der Waals surface area contributed by atoms with E-state index in [-0.39, 0.29) is 36.6 Å². The van der Waals surface area contributed by atoms with Gasteiger partial charge in [0.2, 0.25) is 11.8 Å². The Hall–Kier alpha value is -4.63. The minimum atomic E-state index is -0.993. The van der Waals surface area contributed by atoms with Gasteiger partial charge in [0.1, 0.15) is 17.8 Å². The molecule has 2 N–H and O–H groups in total. The number of anilines is 1. The van der Waals surface area contributed by atoms with Crippen molar-refractivity contribution >= 4 is 34.3 Å². The number of benzene rings is 2. The van der Waals surface area contributed by atoms with E-state index in [4.69, 9.17) is 0 Å². The Labute approximate surface area is 220 Å². The molecule has 2 aliphatic rings. The average molecular weight is 509 g/mol. The Morgan fingerprint density at radius 1 is 1.18 bits per heavy atom. The van der Waals surface area contributed by atoms with E-state index in [2.05, 4.69) is 22.4 Å². The summed E-state index contributed by atoms with van der Waals surface area (Å²) in [7, 11) is 1.59. The second-order valence-electron chi connectivity index (χ2n) is 10.6. The molecule has 1 spiro atoms. The Morgan fingerprint density at radius 2 is 1.95 bits per heavy atom. The van der Waals surface area contributed by atoms with Crippen molar-refractivity contribution in [2.45, 2.75) is 44.2 Å². The lowest BCUT2D eigenvalue weighted by Crippen LogP contribution is -2.52. The molecule has 1 saturated heterocycles. The van der Waals surface area contributed by atoms with Gasteiger partial charge in [-0.3, -0.25) is 14.4 Å². The van der Waals surface area contributed by atoms with Crippen molar-refractivity contribution in [3.63, 3.8) is 0 Å². The molecule has 38 heavy (non-hydrogen) atoms. The quantitative estimate of drug-likeness (QED) is 0.544. The van der Waals surface area contributed by atoms with Crippen LogP contribution in [0.2, 0.25) is 0 Å². The third-order valence-corrected chi connectivity index (χ3v) is 7.66. The number of nitrogens with one attached hydrogen (secondary N) is 2. The van der Waals surface area contributed by atoms with Crippen LogP contribution in [-0.2, 0) is 15.0 Å². The zero-order valence-corrected chi connectivity index (χ0v) is 21.5. The molecule has 3 amide bonds. The van der Waals surface area contributed by atoms with E-state index in [0.29, 0.717) is 28.9 Å². The molecule has 1 fully saturated rings. The number of likely N-dealkylation sites (tertiary alicyclic amines) is 1. The maximum Gasteiger partial charge on any atom is 0.270 e. The number of fused-ring (bicyclic) bond motifs is 3. The highest BCUT2D eigenvalue weighted by molar-refractivity contribution is 6.07. The van der Waals surface area contributed by atoms with Crippen LogP contribution in [0.4, 0.5) is 5.69 Å². The normalized spacial score (nSPS) is 20.7. The zero-order valence-electron chi connectivity index (χ0n) is 21.5. The van der Waals surface area contributed by atoms with Crippen LogP contribution in [0.5, 0.6) is 0 Å². The summed E-state index contributed by atoms with van der Waals surface area (Å²) in [5.74, 6) is -0.843. The van der Waals surface area contributed by atoms with Crippen LogP contribution < -0.4 is 5.32 Å². The number of para-hydroxylation sites is 1. The number of carbonyl (C=O) groups excluding carboxylic acids is 3. The van der Waals surface area contributed by atoms with Gasteiger partial charge in [0.15, 0.2) is 0 Å². The molecule has 9 nitrogen and oxygen atoms in total. The second kappa shape index (κ2) is 9.35. The monoisotopic (exact) mass is 508 g/mol. The third-order valence-electron chi connectivity index (χ3n) is 7.66. The summed E-state index contributed by atoms with van der Waals surface area (Å²) in [5.41, 5.74) is 2.00. The van der Waals surface area contributed by atoms with Gasteiger partial charge in [0, 0.05) is 36.6 Å². The summed E-state index contributed by atoms with van der Waals surface area (Å²) in [6.45, 7) is 4.02. The summed E-state index contributed by atoms with van der Waals surface area (Å²) in [5, 5.41) is 22.8. The highest BCUT2D eigenvalue weighted by Gasteiger charge is 2.56. The molecule has 3 aromatic rings. The number of likely N-dealkylation sites (N-methyl/N-ethyl adjacent to an activating group) is 1. The Morgan fingerprint density at radius 3 is 2.66 bits per heavy atom. The zero-order chi connectivity index (χ0) is 27.2. The van der Waals surface area contributed by atoms with Crippen molar-refractivity contribution < 1.29 is 14.4 Å². The Bertz CT molecular complexity index is 1540. The van der Waals surface area contributed by atoms with Gasteiger partial charge in [0.25, 0.3) is 5.91 Å². The standard InChI is InChI=1S/C29H28N6O3/c1-17(2)10-25(34(3)26(36)24-12-19-11-18(14-30)8-9-22(19)32-24)27(37)35-16-29(13-20(35)15-31)21-6-4-5-7-23(21)33-28(29)38/h4-9,11-12,17,20,25,32H,10,13,16H2,1-3H3,(H,33,38)/t20-,25-,29-/m0/s1. The number of nitrogens with zero attached hydrogens (tertiary/aromatic N) is 4. The molecular weight excluding hydrogens is 480 g/mol. The first-order valence-electron chi connectivity index (χ1n) is 12.6. The molecule has 0 radical (unpaired) electrons. The molecule has 9 heteroatoms. The van der Waals surface area contributed by atoms with Gasteiger partial charge >= 0.3 is 0 Å². The fourth-order valence-electron chi connectivity index (χ4n) is 5.70. The molecule has 3 atom stereocenters. The minimum absolute atomic E-state index is 0.0762.